The highest BCUT2D eigenvalue weighted by Gasteiger charge is 2.66. The monoisotopic (exact) mass is 342 g/mol. The Labute approximate surface area is 143 Å². The molecular formula is C17H30N2O5. The van der Waals surface area contributed by atoms with E-state index in [0.717, 1.165) is 0 Å². The Morgan fingerprint density at radius 2 is 1.79 bits per heavy atom. The number of rotatable bonds is 7. The molecule has 24 heavy (non-hydrogen) atoms. The van der Waals surface area contributed by atoms with Crippen LogP contribution in [0, 0.1) is 10.8 Å². The second-order valence-corrected chi connectivity index (χ2v) is 8.14. The third-order valence-corrected chi connectivity index (χ3v) is 4.62. The molecule has 0 heterocycles. The summed E-state index contributed by atoms with van der Waals surface area (Å²) >= 11 is 0. The first-order valence-electron chi connectivity index (χ1n) is 8.28. The molecule has 2 unspecified atom stereocenters. The summed E-state index contributed by atoms with van der Waals surface area (Å²) in [4.78, 5) is 35.7. The number of carbonyl (C=O) groups excluding carboxylic acids is 2. The van der Waals surface area contributed by atoms with Crippen molar-refractivity contribution >= 4 is 17.8 Å². The molecule has 1 saturated carbocycles. The van der Waals surface area contributed by atoms with Gasteiger partial charge in [0.1, 0.15) is 5.54 Å². The first-order chi connectivity index (χ1) is 10.9. The molecule has 0 bridgehead atoms. The van der Waals surface area contributed by atoms with Crippen molar-refractivity contribution in [3.8, 4) is 0 Å². The summed E-state index contributed by atoms with van der Waals surface area (Å²) in [6, 6.07) is 0. The number of carboxylic acids is 1. The zero-order valence-electron chi connectivity index (χ0n) is 15.5. The van der Waals surface area contributed by atoms with E-state index in [1.54, 1.807) is 13.8 Å². The van der Waals surface area contributed by atoms with E-state index < -0.39 is 22.8 Å². The van der Waals surface area contributed by atoms with Gasteiger partial charge in [-0.3, -0.25) is 9.59 Å². The summed E-state index contributed by atoms with van der Waals surface area (Å²) in [5.41, 5.74) is -2.29. The van der Waals surface area contributed by atoms with E-state index in [4.69, 9.17) is 4.74 Å². The topological polar surface area (TPSA) is 105 Å². The van der Waals surface area contributed by atoms with Gasteiger partial charge in [0.15, 0.2) is 0 Å². The Hall–Kier alpha value is -1.63. The highest BCUT2D eigenvalue weighted by Crippen LogP contribution is 2.51. The summed E-state index contributed by atoms with van der Waals surface area (Å²) < 4.78 is 5.55. The van der Waals surface area contributed by atoms with Gasteiger partial charge in [-0.05, 0) is 12.3 Å². The minimum Gasteiger partial charge on any atom is -0.479 e. The third kappa shape index (κ3) is 4.26. The van der Waals surface area contributed by atoms with Crippen LogP contribution in [0.1, 0.15) is 54.4 Å². The molecule has 0 aromatic rings. The predicted octanol–water partition coefficient (Wildman–Crippen LogP) is 1.31. The van der Waals surface area contributed by atoms with E-state index in [9.17, 15) is 19.5 Å². The predicted molar refractivity (Wildman–Crippen MR) is 89.4 cm³/mol. The normalized spacial score (nSPS) is 25.5. The molecule has 3 N–H and O–H groups in total. The van der Waals surface area contributed by atoms with Crippen LogP contribution in [0.5, 0.6) is 0 Å². The first kappa shape index (κ1) is 20.4. The third-order valence-electron chi connectivity index (χ3n) is 4.62. The molecular weight excluding hydrogens is 312 g/mol. The SMILES string of the molecule is CCOC1CC(NC(=O)CNC(=O)CC(C)(C)C)(C(=O)O)C1(C)C. The van der Waals surface area contributed by atoms with E-state index in [1.807, 2.05) is 27.7 Å². The molecule has 1 aliphatic carbocycles. The van der Waals surface area contributed by atoms with Crippen molar-refractivity contribution < 1.29 is 24.2 Å². The van der Waals surface area contributed by atoms with Gasteiger partial charge in [-0.1, -0.05) is 34.6 Å². The van der Waals surface area contributed by atoms with Crippen molar-refractivity contribution in [2.75, 3.05) is 13.2 Å². The molecule has 2 atom stereocenters. The second-order valence-electron chi connectivity index (χ2n) is 8.14. The van der Waals surface area contributed by atoms with Crippen molar-refractivity contribution in [2.24, 2.45) is 10.8 Å². The van der Waals surface area contributed by atoms with E-state index in [-0.39, 0.29) is 30.4 Å². The van der Waals surface area contributed by atoms with Crippen LogP contribution in [-0.2, 0) is 19.1 Å². The molecule has 0 aliphatic heterocycles. The summed E-state index contributed by atoms with van der Waals surface area (Å²) in [5.74, 6) is -1.83. The molecule has 0 saturated heterocycles. The zero-order valence-corrected chi connectivity index (χ0v) is 15.5. The van der Waals surface area contributed by atoms with Gasteiger partial charge in [-0.2, -0.15) is 0 Å². The molecule has 138 valence electrons. The van der Waals surface area contributed by atoms with Crippen LogP contribution in [0.4, 0.5) is 0 Å². The van der Waals surface area contributed by atoms with Gasteiger partial charge in [-0.15, -0.1) is 0 Å². The largest absolute Gasteiger partial charge is 0.479 e. The number of carboxylic acid groups (broad SMARTS) is 1. The van der Waals surface area contributed by atoms with Gasteiger partial charge in [-0.25, -0.2) is 4.79 Å². The molecule has 0 aromatic heterocycles. The van der Waals surface area contributed by atoms with Crippen LogP contribution in [0.2, 0.25) is 0 Å². The minimum absolute atomic E-state index is 0.177. The van der Waals surface area contributed by atoms with Crippen molar-refractivity contribution in [3.05, 3.63) is 0 Å². The van der Waals surface area contributed by atoms with Crippen LogP contribution in [0.15, 0.2) is 0 Å². The highest BCUT2D eigenvalue weighted by atomic mass is 16.5. The number of hydrogen-bond donors (Lipinski definition) is 3. The minimum atomic E-state index is -1.38. The van der Waals surface area contributed by atoms with Crippen LogP contribution >= 0.6 is 0 Å². The quantitative estimate of drug-likeness (QED) is 0.647. The van der Waals surface area contributed by atoms with Crippen molar-refractivity contribution in [2.45, 2.75) is 66.0 Å². The molecule has 0 aromatic carbocycles. The summed E-state index contributed by atoms with van der Waals surface area (Å²) in [6.45, 7) is 11.4. The molecule has 1 rings (SSSR count). The molecule has 7 heteroatoms. The Morgan fingerprint density at radius 3 is 2.21 bits per heavy atom. The maximum absolute atomic E-state index is 12.1. The number of ether oxygens (including phenoxy) is 1. The van der Waals surface area contributed by atoms with Crippen LogP contribution in [0.3, 0.4) is 0 Å². The summed E-state index contributed by atoms with van der Waals surface area (Å²) in [7, 11) is 0. The van der Waals surface area contributed by atoms with Gasteiger partial charge in [0, 0.05) is 24.9 Å². The second kappa shape index (κ2) is 7.09. The Kier molecular flexibility index (Phi) is 6.03. The maximum Gasteiger partial charge on any atom is 0.330 e. The Balaban J connectivity index is 2.66. The number of amides is 2. The number of hydrogen-bond acceptors (Lipinski definition) is 4. The number of carbonyl (C=O) groups is 3. The standard InChI is InChI=1S/C17H30N2O5/c1-7-24-11-8-17(14(22)23,16(11,5)6)19-13(21)10-18-12(20)9-15(2,3)4/h11H,7-10H2,1-6H3,(H,18,20)(H,19,21)(H,22,23). The Bertz CT molecular complexity index is 510. The first-order valence-corrected chi connectivity index (χ1v) is 8.28. The van der Waals surface area contributed by atoms with Crippen molar-refractivity contribution in [3.63, 3.8) is 0 Å². The van der Waals surface area contributed by atoms with Crippen LogP contribution in [-0.4, -0.2) is 47.7 Å². The van der Waals surface area contributed by atoms with E-state index in [1.165, 1.54) is 0 Å². The van der Waals surface area contributed by atoms with Crippen molar-refractivity contribution in [1.82, 2.24) is 10.6 Å². The van der Waals surface area contributed by atoms with E-state index >= 15 is 0 Å². The molecule has 1 aliphatic rings. The highest BCUT2D eigenvalue weighted by molar-refractivity contribution is 5.91. The number of aliphatic carboxylic acids is 1. The van der Waals surface area contributed by atoms with Gasteiger partial charge >= 0.3 is 5.97 Å². The van der Waals surface area contributed by atoms with Crippen LogP contribution in [0.25, 0.3) is 0 Å². The smallest absolute Gasteiger partial charge is 0.330 e. The molecule has 7 nitrogen and oxygen atoms in total. The lowest BCUT2D eigenvalue weighted by molar-refractivity contribution is -0.194. The molecule has 1 fully saturated rings. The lowest BCUT2D eigenvalue weighted by Gasteiger charge is -2.58. The molecule has 2 amide bonds. The summed E-state index contributed by atoms with van der Waals surface area (Å²) in [5, 5.41) is 14.8. The lowest BCUT2D eigenvalue weighted by atomic mass is 9.54. The average molecular weight is 342 g/mol. The van der Waals surface area contributed by atoms with Gasteiger partial charge in [0.05, 0.1) is 12.6 Å². The molecule has 0 radical (unpaired) electrons. The van der Waals surface area contributed by atoms with E-state index in [0.29, 0.717) is 13.0 Å². The average Bonchev–Trinajstić information content (AvgIpc) is 2.41. The van der Waals surface area contributed by atoms with Crippen LogP contribution < -0.4 is 10.6 Å². The fraction of sp³-hybridized carbons (Fsp3) is 0.824. The van der Waals surface area contributed by atoms with E-state index in [2.05, 4.69) is 10.6 Å². The van der Waals surface area contributed by atoms with Gasteiger partial charge in [0.2, 0.25) is 11.8 Å². The Morgan fingerprint density at radius 1 is 1.21 bits per heavy atom. The fourth-order valence-electron chi connectivity index (χ4n) is 3.04. The number of nitrogens with one attached hydrogen (secondary N) is 2. The zero-order chi connectivity index (χ0) is 18.8. The van der Waals surface area contributed by atoms with Gasteiger partial charge < -0.3 is 20.5 Å². The van der Waals surface area contributed by atoms with Crippen molar-refractivity contribution in [1.29, 1.82) is 0 Å². The fourth-order valence-corrected chi connectivity index (χ4v) is 3.04. The van der Waals surface area contributed by atoms with Gasteiger partial charge in [0.25, 0.3) is 0 Å². The maximum atomic E-state index is 12.1. The lowest BCUT2D eigenvalue weighted by Crippen LogP contribution is -2.76. The molecule has 0 spiro atoms. The summed E-state index contributed by atoms with van der Waals surface area (Å²) in [6.07, 6.45) is 0.280.